The summed E-state index contributed by atoms with van der Waals surface area (Å²) in [4.78, 5) is 14.1. The van der Waals surface area contributed by atoms with E-state index in [0.29, 0.717) is 0 Å². The van der Waals surface area contributed by atoms with Gasteiger partial charge in [0.1, 0.15) is 11.4 Å². The van der Waals surface area contributed by atoms with Crippen LogP contribution in [0.1, 0.15) is 28.2 Å². The molecule has 1 heterocycles. The third kappa shape index (κ3) is 1.78. The van der Waals surface area contributed by atoms with Gasteiger partial charge in [0.05, 0.1) is 0 Å². The number of halogens is 2. The van der Waals surface area contributed by atoms with Crippen LogP contribution in [0.25, 0.3) is 0 Å². The molecule has 0 aliphatic heterocycles. The highest BCUT2D eigenvalue weighted by Crippen LogP contribution is 2.24. The maximum Gasteiger partial charge on any atom is 0.280 e. The minimum atomic E-state index is -2.77. The van der Waals surface area contributed by atoms with Crippen molar-refractivity contribution >= 4 is 11.6 Å². The van der Waals surface area contributed by atoms with Gasteiger partial charge < -0.3 is 11.5 Å². The van der Waals surface area contributed by atoms with E-state index >= 15 is 0 Å². The largest absolute Gasteiger partial charge is 0.398 e. The van der Waals surface area contributed by atoms with Crippen molar-refractivity contribution in [2.75, 3.05) is 5.73 Å². The van der Waals surface area contributed by atoms with E-state index in [4.69, 9.17) is 11.5 Å². The molecule has 1 amide bonds. The Morgan fingerprint density at radius 2 is 2.14 bits per heavy atom. The maximum atomic E-state index is 12.4. The van der Waals surface area contributed by atoms with Crippen molar-refractivity contribution in [3.05, 3.63) is 23.0 Å². The van der Waals surface area contributed by atoms with Crippen LogP contribution < -0.4 is 11.5 Å². The SMILES string of the molecule is Cc1c(N)cc(C(N)=O)nc1C(F)F. The Balaban J connectivity index is 3.35. The second kappa shape index (κ2) is 3.57. The van der Waals surface area contributed by atoms with E-state index in [0.717, 1.165) is 0 Å². The van der Waals surface area contributed by atoms with Crippen molar-refractivity contribution in [1.82, 2.24) is 4.98 Å². The number of aromatic nitrogens is 1. The summed E-state index contributed by atoms with van der Waals surface area (Å²) in [5, 5.41) is 0. The predicted molar refractivity (Wildman–Crippen MR) is 46.9 cm³/mol. The van der Waals surface area contributed by atoms with Gasteiger partial charge in [0.15, 0.2) is 0 Å². The molecular weight excluding hydrogens is 192 g/mol. The molecule has 0 unspecified atom stereocenters. The van der Waals surface area contributed by atoms with Crippen LogP contribution in [-0.2, 0) is 0 Å². The van der Waals surface area contributed by atoms with Crippen molar-refractivity contribution in [2.45, 2.75) is 13.3 Å². The normalized spacial score (nSPS) is 10.6. The molecule has 0 spiro atoms. The van der Waals surface area contributed by atoms with Gasteiger partial charge >= 0.3 is 0 Å². The lowest BCUT2D eigenvalue weighted by Gasteiger charge is -2.08. The van der Waals surface area contributed by atoms with Crippen molar-refractivity contribution in [2.24, 2.45) is 5.73 Å². The molecule has 4 N–H and O–H groups in total. The molecule has 14 heavy (non-hydrogen) atoms. The van der Waals surface area contributed by atoms with Crippen LogP contribution in [0, 0.1) is 6.92 Å². The minimum Gasteiger partial charge on any atom is -0.398 e. The summed E-state index contributed by atoms with van der Waals surface area (Å²) in [5.74, 6) is -0.876. The second-order valence-electron chi connectivity index (χ2n) is 2.77. The summed E-state index contributed by atoms with van der Waals surface area (Å²) in [5.41, 5.74) is 9.83. The molecule has 6 heteroatoms. The average molecular weight is 201 g/mol. The molecule has 0 aliphatic rings. The van der Waals surface area contributed by atoms with E-state index in [-0.39, 0.29) is 16.9 Å². The summed E-state index contributed by atoms with van der Waals surface area (Å²) in [7, 11) is 0. The number of carbonyl (C=O) groups excluding carboxylic acids is 1. The smallest absolute Gasteiger partial charge is 0.280 e. The average Bonchev–Trinajstić information content (AvgIpc) is 2.08. The van der Waals surface area contributed by atoms with Crippen molar-refractivity contribution in [3.63, 3.8) is 0 Å². The topological polar surface area (TPSA) is 82.0 Å². The van der Waals surface area contributed by atoms with E-state index in [9.17, 15) is 13.6 Å². The van der Waals surface area contributed by atoms with E-state index in [1.807, 2.05) is 0 Å². The first-order valence-corrected chi connectivity index (χ1v) is 3.78. The number of alkyl halides is 2. The number of hydrogen-bond donors (Lipinski definition) is 2. The number of rotatable bonds is 2. The Hall–Kier alpha value is -1.72. The lowest BCUT2D eigenvalue weighted by atomic mass is 10.1. The fraction of sp³-hybridized carbons (Fsp3) is 0.250. The van der Waals surface area contributed by atoms with Gasteiger partial charge in [-0.05, 0) is 18.6 Å². The number of carbonyl (C=O) groups is 1. The van der Waals surface area contributed by atoms with E-state index in [1.165, 1.54) is 13.0 Å². The zero-order valence-electron chi connectivity index (χ0n) is 7.42. The van der Waals surface area contributed by atoms with Gasteiger partial charge in [0.25, 0.3) is 12.3 Å². The summed E-state index contributed by atoms with van der Waals surface area (Å²) in [6, 6.07) is 1.18. The van der Waals surface area contributed by atoms with Gasteiger partial charge in [-0.1, -0.05) is 0 Å². The quantitative estimate of drug-likeness (QED) is 0.749. The highest BCUT2D eigenvalue weighted by Gasteiger charge is 2.17. The molecule has 1 rings (SSSR count). The van der Waals surface area contributed by atoms with Gasteiger partial charge in [-0.2, -0.15) is 0 Å². The Morgan fingerprint density at radius 3 is 2.57 bits per heavy atom. The highest BCUT2D eigenvalue weighted by molar-refractivity contribution is 5.91. The Bertz CT molecular complexity index is 379. The Labute approximate surface area is 78.9 Å². The van der Waals surface area contributed by atoms with Gasteiger partial charge in [0.2, 0.25) is 0 Å². The molecular formula is C8H9F2N3O. The molecule has 0 saturated carbocycles. The van der Waals surface area contributed by atoms with Crippen LogP contribution in [0.5, 0.6) is 0 Å². The minimum absolute atomic E-state index is 0.0871. The number of pyridine rings is 1. The van der Waals surface area contributed by atoms with Gasteiger partial charge in [-0.25, -0.2) is 13.8 Å². The number of hydrogen-bond acceptors (Lipinski definition) is 3. The monoisotopic (exact) mass is 201 g/mol. The van der Waals surface area contributed by atoms with Crippen molar-refractivity contribution in [3.8, 4) is 0 Å². The lowest BCUT2D eigenvalue weighted by molar-refractivity contribution is 0.0993. The molecule has 0 aromatic carbocycles. The molecule has 0 bridgehead atoms. The summed E-state index contributed by atoms with van der Waals surface area (Å²) >= 11 is 0. The lowest BCUT2D eigenvalue weighted by Crippen LogP contribution is -2.15. The summed E-state index contributed by atoms with van der Waals surface area (Å²) < 4.78 is 24.8. The van der Waals surface area contributed by atoms with Crippen LogP contribution in [0.3, 0.4) is 0 Å². The zero-order chi connectivity index (χ0) is 10.9. The molecule has 0 saturated heterocycles. The first-order chi connectivity index (χ1) is 6.43. The number of amides is 1. The number of anilines is 1. The molecule has 0 aliphatic carbocycles. The van der Waals surface area contributed by atoms with Crippen LogP contribution >= 0.6 is 0 Å². The number of primary amides is 1. The fourth-order valence-corrected chi connectivity index (χ4v) is 0.988. The third-order valence-corrected chi connectivity index (χ3v) is 1.81. The first-order valence-electron chi connectivity index (χ1n) is 3.78. The van der Waals surface area contributed by atoms with Crippen molar-refractivity contribution in [1.29, 1.82) is 0 Å². The van der Waals surface area contributed by atoms with E-state index < -0.39 is 18.0 Å². The van der Waals surface area contributed by atoms with E-state index in [1.54, 1.807) is 0 Å². The molecule has 0 fully saturated rings. The third-order valence-electron chi connectivity index (χ3n) is 1.81. The second-order valence-corrected chi connectivity index (χ2v) is 2.77. The molecule has 0 radical (unpaired) electrons. The predicted octanol–water partition coefficient (Wildman–Crippen LogP) is 1.01. The number of nitrogens with two attached hydrogens (primary N) is 2. The number of nitrogens with zero attached hydrogens (tertiary/aromatic N) is 1. The maximum absolute atomic E-state index is 12.4. The molecule has 1 aromatic rings. The van der Waals surface area contributed by atoms with Gasteiger partial charge in [-0.3, -0.25) is 4.79 Å². The van der Waals surface area contributed by atoms with Crippen LogP contribution in [-0.4, -0.2) is 10.9 Å². The highest BCUT2D eigenvalue weighted by atomic mass is 19.3. The van der Waals surface area contributed by atoms with Crippen molar-refractivity contribution < 1.29 is 13.6 Å². The molecule has 4 nitrogen and oxygen atoms in total. The Morgan fingerprint density at radius 1 is 1.57 bits per heavy atom. The van der Waals surface area contributed by atoms with Crippen LogP contribution in [0.2, 0.25) is 0 Å². The molecule has 76 valence electrons. The summed E-state index contributed by atoms with van der Waals surface area (Å²) in [6.45, 7) is 1.41. The van der Waals surface area contributed by atoms with Gasteiger partial charge in [0, 0.05) is 5.69 Å². The van der Waals surface area contributed by atoms with Crippen LogP contribution in [0.4, 0.5) is 14.5 Å². The first kappa shape index (κ1) is 10.4. The summed E-state index contributed by atoms with van der Waals surface area (Å²) in [6.07, 6.45) is -2.77. The fourth-order valence-electron chi connectivity index (χ4n) is 0.988. The molecule has 0 atom stereocenters. The zero-order valence-corrected chi connectivity index (χ0v) is 7.42. The number of nitrogen functional groups attached to an aromatic ring is 1. The molecule has 1 aromatic heterocycles. The Kier molecular flexibility index (Phi) is 2.64. The standard InChI is InChI=1S/C8H9F2N3O/c1-3-4(11)2-5(8(12)14)13-6(3)7(9)10/h2,7H,1H3,(H2,11,13)(H2,12,14). The van der Waals surface area contributed by atoms with Gasteiger partial charge in [-0.15, -0.1) is 0 Å². The van der Waals surface area contributed by atoms with E-state index in [2.05, 4.69) is 4.98 Å². The van der Waals surface area contributed by atoms with Crippen LogP contribution in [0.15, 0.2) is 6.07 Å².